The first-order valence-corrected chi connectivity index (χ1v) is 7.72. The Morgan fingerprint density at radius 1 is 1.27 bits per heavy atom. The fraction of sp³-hybridized carbons (Fsp3) is 0.438. The van der Waals surface area contributed by atoms with Crippen LogP contribution in [0.15, 0.2) is 18.6 Å². The normalized spacial score (nSPS) is 14.8. The SMILES string of the molecule is CC(C)c1nc2c(n1C)CCN(c1ncnc3[nH]ccc13)C2. The maximum Gasteiger partial charge on any atom is 0.142 e. The van der Waals surface area contributed by atoms with E-state index in [1.54, 1.807) is 6.33 Å². The summed E-state index contributed by atoms with van der Waals surface area (Å²) in [5.41, 5.74) is 3.43. The molecule has 0 radical (unpaired) electrons. The Morgan fingerprint density at radius 2 is 2.14 bits per heavy atom. The molecule has 0 aromatic carbocycles. The van der Waals surface area contributed by atoms with E-state index in [1.807, 2.05) is 12.3 Å². The number of H-pyrrole nitrogens is 1. The maximum absolute atomic E-state index is 4.86. The lowest BCUT2D eigenvalue weighted by Crippen LogP contribution is -2.31. The molecule has 22 heavy (non-hydrogen) atoms. The van der Waals surface area contributed by atoms with E-state index >= 15 is 0 Å². The van der Waals surface area contributed by atoms with E-state index in [1.165, 1.54) is 17.2 Å². The lowest BCUT2D eigenvalue weighted by molar-refractivity contribution is 0.660. The molecule has 6 nitrogen and oxygen atoms in total. The number of fused-ring (bicyclic) bond motifs is 2. The molecule has 0 spiro atoms. The van der Waals surface area contributed by atoms with Crippen molar-refractivity contribution in [3.05, 3.63) is 35.8 Å². The van der Waals surface area contributed by atoms with Gasteiger partial charge in [0.1, 0.15) is 23.6 Å². The first-order chi connectivity index (χ1) is 10.6. The predicted octanol–water partition coefficient (Wildman–Crippen LogP) is 2.38. The molecule has 1 aliphatic heterocycles. The average molecular weight is 296 g/mol. The molecule has 0 atom stereocenters. The van der Waals surface area contributed by atoms with Crippen molar-refractivity contribution in [2.24, 2.45) is 7.05 Å². The zero-order valence-electron chi connectivity index (χ0n) is 13.2. The number of rotatable bonds is 2. The number of aromatic nitrogens is 5. The van der Waals surface area contributed by atoms with Crippen molar-refractivity contribution in [3.8, 4) is 0 Å². The number of hydrogen-bond acceptors (Lipinski definition) is 4. The van der Waals surface area contributed by atoms with E-state index in [0.29, 0.717) is 5.92 Å². The molecule has 0 bridgehead atoms. The van der Waals surface area contributed by atoms with Gasteiger partial charge >= 0.3 is 0 Å². The standard InChI is InChI=1S/C16H20N6/c1-10(2)15-20-12-8-22(7-5-13(12)21(15)3)16-11-4-6-17-14(11)18-9-19-16/h4,6,9-10H,5,7-8H2,1-3H3,(H,17,18,19). The van der Waals surface area contributed by atoms with E-state index in [-0.39, 0.29) is 0 Å². The minimum atomic E-state index is 0.444. The number of nitrogens with one attached hydrogen (secondary N) is 1. The van der Waals surface area contributed by atoms with Crippen LogP contribution < -0.4 is 4.90 Å². The molecule has 1 aliphatic rings. The molecule has 114 valence electrons. The van der Waals surface area contributed by atoms with Crippen LogP contribution in [-0.4, -0.2) is 31.0 Å². The van der Waals surface area contributed by atoms with Gasteiger partial charge in [0.05, 0.1) is 17.6 Å². The average Bonchev–Trinajstić information content (AvgIpc) is 3.11. The van der Waals surface area contributed by atoms with Gasteiger partial charge in [0.15, 0.2) is 0 Å². The van der Waals surface area contributed by atoms with E-state index < -0.39 is 0 Å². The van der Waals surface area contributed by atoms with E-state index in [0.717, 1.165) is 36.4 Å². The molecule has 0 amide bonds. The summed E-state index contributed by atoms with van der Waals surface area (Å²) < 4.78 is 2.27. The molecule has 4 heterocycles. The summed E-state index contributed by atoms with van der Waals surface area (Å²) in [6.45, 7) is 6.16. The highest BCUT2D eigenvalue weighted by Crippen LogP contribution is 2.29. The van der Waals surface area contributed by atoms with Crippen LogP contribution in [0.25, 0.3) is 11.0 Å². The van der Waals surface area contributed by atoms with Gasteiger partial charge in [-0.05, 0) is 6.07 Å². The number of nitrogens with zero attached hydrogens (tertiary/aromatic N) is 5. The number of aromatic amines is 1. The van der Waals surface area contributed by atoms with Crippen LogP contribution in [0.2, 0.25) is 0 Å². The minimum absolute atomic E-state index is 0.444. The Balaban J connectivity index is 1.73. The Hall–Kier alpha value is -2.37. The first-order valence-electron chi connectivity index (χ1n) is 7.72. The van der Waals surface area contributed by atoms with Gasteiger partial charge < -0.3 is 14.5 Å². The Kier molecular flexibility index (Phi) is 2.92. The molecule has 0 saturated heterocycles. The van der Waals surface area contributed by atoms with Crippen molar-refractivity contribution in [2.75, 3.05) is 11.4 Å². The second-order valence-electron chi connectivity index (χ2n) is 6.19. The molecule has 4 rings (SSSR count). The van der Waals surface area contributed by atoms with Gasteiger partial charge in [-0.25, -0.2) is 15.0 Å². The maximum atomic E-state index is 4.86. The largest absolute Gasteiger partial charge is 0.350 e. The second kappa shape index (κ2) is 4.83. The van der Waals surface area contributed by atoms with Crippen LogP contribution in [0.1, 0.15) is 37.0 Å². The Labute approximate surface area is 129 Å². The highest BCUT2D eigenvalue weighted by molar-refractivity contribution is 5.87. The second-order valence-corrected chi connectivity index (χ2v) is 6.19. The van der Waals surface area contributed by atoms with Crippen molar-refractivity contribution in [2.45, 2.75) is 32.7 Å². The van der Waals surface area contributed by atoms with Crippen molar-refractivity contribution >= 4 is 16.9 Å². The van der Waals surface area contributed by atoms with Crippen LogP contribution in [-0.2, 0) is 20.0 Å². The quantitative estimate of drug-likeness (QED) is 0.788. The topological polar surface area (TPSA) is 62.6 Å². The number of imidazole rings is 1. The summed E-state index contributed by atoms with van der Waals surface area (Å²) >= 11 is 0. The zero-order chi connectivity index (χ0) is 15.3. The monoisotopic (exact) mass is 296 g/mol. The highest BCUT2D eigenvalue weighted by Gasteiger charge is 2.25. The highest BCUT2D eigenvalue weighted by atomic mass is 15.2. The third-order valence-electron chi connectivity index (χ3n) is 4.44. The lowest BCUT2D eigenvalue weighted by atomic mass is 10.1. The van der Waals surface area contributed by atoms with Crippen molar-refractivity contribution in [1.82, 2.24) is 24.5 Å². The lowest BCUT2D eigenvalue weighted by Gasteiger charge is -2.28. The Morgan fingerprint density at radius 3 is 2.95 bits per heavy atom. The molecular weight excluding hydrogens is 276 g/mol. The minimum Gasteiger partial charge on any atom is -0.350 e. The van der Waals surface area contributed by atoms with Crippen molar-refractivity contribution < 1.29 is 0 Å². The summed E-state index contributed by atoms with van der Waals surface area (Å²) in [5, 5.41) is 1.07. The van der Waals surface area contributed by atoms with Gasteiger partial charge in [-0.2, -0.15) is 0 Å². The predicted molar refractivity (Wildman–Crippen MR) is 85.9 cm³/mol. The van der Waals surface area contributed by atoms with Crippen LogP contribution in [0.4, 0.5) is 5.82 Å². The van der Waals surface area contributed by atoms with Gasteiger partial charge in [-0.3, -0.25) is 0 Å². The fourth-order valence-corrected chi connectivity index (χ4v) is 3.36. The van der Waals surface area contributed by atoms with Gasteiger partial charge in [0, 0.05) is 37.8 Å². The summed E-state index contributed by atoms with van der Waals surface area (Å²) in [5.74, 6) is 2.61. The van der Waals surface area contributed by atoms with Gasteiger partial charge in [0.2, 0.25) is 0 Å². The molecule has 0 fully saturated rings. The van der Waals surface area contributed by atoms with Crippen LogP contribution in [0.3, 0.4) is 0 Å². The van der Waals surface area contributed by atoms with E-state index in [9.17, 15) is 0 Å². The van der Waals surface area contributed by atoms with Gasteiger partial charge in [0.25, 0.3) is 0 Å². The van der Waals surface area contributed by atoms with Gasteiger partial charge in [-0.1, -0.05) is 13.8 Å². The van der Waals surface area contributed by atoms with Crippen LogP contribution in [0.5, 0.6) is 0 Å². The zero-order valence-corrected chi connectivity index (χ0v) is 13.2. The first kappa shape index (κ1) is 13.3. The number of hydrogen-bond donors (Lipinski definition) is 1. The van der Waals surface area contributed by atoms with E-state index in [2.05, 4.69) is 45.3 Å². The smallest absolute Gasteiger partial charge is 0.142 e. The molecular formula is C16H20N6. The fourth-order valence-electron chi connectivity index (χ4n) is 3.36. The third kappa shape index (κ3) is 1.90. The van der Waals surface area contributed by atoms with Crippen LogP contribution >= 0.6 is 0 Å². The van der Waals surface area contributed by atoms with Crippen LogP contribution in [0, 0.1) is 0 Å². The summed E-state index contributed by atoms with van der Waals surface area (Å²) in [6.07, 6.45) is 4.54. The van der Waals surface area contributed by atoms with Gasteiger partial charge in [-0.15, -0.1) is 0 Å². The van der Waals surface area contributed by atoms with Crippen molar-refractivity contribution in [1.29, 1.82) is 0 Å². The summed E-state index contributed by atoms with van der Waals surface area (Å²) in [4.78, 5) is 19.1. The van der Waals surface area contributed by atoms with E-state index in [4.69, 9.17) is 4.98 Å². The molecule has 0 aliphatic carbocycles. The molecule has 1 N–H and O–H groups in total. The third-order valence-corrected chi connectivity index (χ3v) is 4.44. The van der Waals surface area contributed by atoms with Crippen molar-refractivity contribution in [3.63, 3.8) is 0 Å². The number of anilines is 1. The Bertz CT molecular complexity index is 828. The molecule has 0 unspecified atom stereocenters. The summed E-state index contributed by atoms with van der Waals surface area (Å²) in [6, 6.07) is 2.04. The molecule has 3 aromatic rings. The molecule has 3 aromatic heterocycles. The summed E-state index contributed by atoms with van der Waals surface area (Å²) in [7, 11) is 2.13. The molecule has 0 saturated carbocycles. The molecule has 6 heteroatoms.